The van der Waals surface area contributed by atoms with Crippen LogP contribution in [-0.4, -0.2) is 0 Å². The Hall–Kier alpha value is -7.88. The topological polar surface area (TPSA) is 29.5 Å². The molecule has 0 saturated carbocycles. The summed E-state index contributed by atoms with van der Waals surface area (Å²) < 4.78 is 13.1. The molecule has 64 heavy (non-hydrogen) atoms. The minimum Gasteiger partial charge on any atom is -0.460 e. The van der Waals surface area contributed by atoms with Gasteiger partial charge < -0.3 is 13.7 Å². The maximum atomic E-state index is 6.58. The first-order valence-electron chi connectivity index (χ1n) is 22.5. The van der Waals surface area contributed by atoms with Gasteiger partial charge in [0.25, 0.3) is 0 Å². The Labute approximate surface area is 372 Å². The fourth-order valence-corrected chi connectivity index (χ4v) is 11.3. The Morgan fingerprint density at radius 3 is 1.80 bits per heavy atom. The molecule has 3 heteroatoms. The highest BCUT2D eigenvalue weighted by Crippen LogP contribution is 2.60. The summed E-state index contributed by atoms with van der Waals surface area (Å²) in [6.45, 7) is 0. The van der Waals surface area contributed by atoms with Gasteiger partial charge in [-0.3, -0.25) is 0 Å². The fraction of sp³-hybridized carbons (Fsp3) is 0.0820. The smallest absolute Gasteiger partial charge is 0.143 e. The van der Waals surface area contributed by atoms with Crippen LogP contribution in [0.1, 0.15) is 45.9 Å². The van der Waals surface area contributed by atoms with Crippen LogP contribution >= 0.6 is 0 Å². The molecule has 0 saturated heterocycles. The average Bonchev–Trinajstić information content (AvgIpc) is 4.04. The SMILES string of the molecule is C1=CC2c3ccc(N(c4ccc(-c5cccc6c7c(oc56)CCC=C7)cc4)c4ccc(-c5cccc6c5oc5ccccc56)cc4)cc3C(c3ccccc3)(c3ccccc3)C2C=C1. The second-order valence-electron chi connectivity index (χ2n) is 17.4. The number of aryl methyl sites for hydroxylation is 1. The van der Waals surface area contributed by atoms with E-state index in [1.54, 1.807) is 0 Å². The maximum Gasteiger partial charge on any atom is 0.143 e. The van der Waals surface area contributed by atoms with Crippen molar-refractivity contribution >= 4 is 56.0 Å². The van der Waals surface area contributed by atoms with Crippen LogP contribution in [0.2, 0.25) is 0 Å². The monoisotopic (exact) mass is 821 g/mol. The summed E-state index contributed by atoms with van der Waals surface area (Å²) in [4.78, 5) is 2.42. The number of allylic oxidation sites excluding steroid dienone is 5. The van der Waals surface area contributed by atoms with Crippen LogP contribution in [0.25, 0.3) is 61.2 Å². The molecule has 10 aromatic rings. The summed E-state index contributed by atoms with van der Waals surface area (Å²) in [6.07, 6.45) is 15.7. The van der Waals surface area contributed by atoms with Gasteiger partial charge in [0, 0.05) is 68.2 Å². The molecule has 13 rings (SSSR count). The molecule has 3 nitrogen and oxygen atoms in total. The van der Waals surface area contributed by atoms with Crippen molar-refractivity contribution in [3.63, 3.8) is 0 Å². The van der Waals surface area contributed by atoms with Crippen molar-refractivity contribution in [3.05, 3.63) is 252 Å². The van der Waals surface area contributed by atoms with Crippen LogP contribution in [0.15, 0.2) is 227 Å². The molecule has 0 amide bonds. The van der Waals surface area contributed by atoms with Gasteiger partial charge in [-0.25, -0.2) is 0 Å². The first kappa shape index (κ1) is 36.7. The number of anilines is 3. The lowest BCUT2D eigenvalue weighted by atomic mass is 9.63. The molecule has 0 bridgehead atoms. The Morgan fingerprint density at radius 2 is 1.09 bits per heavy atom. The van der Waals surface area contributed by atoms with Crippen molar-refractivity contribution in [1.29, 1.82) is 0 Å². The Bertz CT molecular complexity index is 3460. The zero-order valence-corrected chi connectivity index (χ0v) is 35.2. The summed E-state index contributed by atoms with van der Waals surface area (Å²) in [5.41, 5.74) is 16.6. The van der Waals surface area contributed by atoms with E-state index in [0.29, 0.717) is 0 Å². The first-order chi connectivity index (χ1) is 31.7. The zero-order chi connectivity index (χ0) is 42.2. The lowest BCUT2D eigenvalue weighted by molar-refractivity contribution is 0.457. The van der Waals surface area contributed by atoms with Gasteiger partial charge in [0.2, 0.25) is 0 Å². The van der Waals surface area contributed by atoms with Crippen molar-refractivity contribution in [2.24, 2.45) is 5.92 Å². The molecule has 2 aromatic heterocycles. The van der Waals surface area contributed by atoms with E-state index < -0.39 is 5.41 Å². The molecule has 3 aliphatic rings. The molecule has 8 aromatic carbocycles. The maximum absolute atomic E-state index is 6.58. The van der Waals surface area contributed by atoms with Crippen LogP contribution in [0.4, 0.5) is 17.1 Å². The quantitative estimate of drug-likeness (QED) is 0.160. The van der Waals surface area contributed by atoms with E-state index in [2.05, 4.69) is 217 Å². The molecule has 0 radical (unpaired) electrons. The van der Waals surface area contributed by atoms with Gasteiger partial charge in [-0.05, 0) is 82.3 Å². The first-order valence-corrected chi connectivity index (χ1v) is 22.5. The van der Waals surface area contributed by atoms with Crippen LogP contribution in [0, 0.1) is 5.92 Å². The van der Waals surface area contributed by atoms with Crippen molar-refractivity contribution in [1.82, 2.24) is 0 Å². The fourth-order valence-electron chi connectivity index (χ4n) is 11.3. The van der Waals surface area contributed by atoms with Crippen LogP contribution < -0.4 is 4.90 Å². The van der Waals surface area contributed by atoms with Gasteiger partial charge in [0.05, 0.1) is 5.41 Å². The third-order valence-electron chi connectivity index (χ3n) is 14.1. The van der Waals surface area contributed by atoms with Gasteiger partial charge in [-0.15, -0.1) is 0 Å². The normalized spacial score (nSPS) is 16.9. The Kier molecular flexibility index (Phi) is 8.39. The van der Waals surface area contributed by atoms with Crippen molar-refractivity contribution in [3.8, 4) is 22.3 Å². The summed E-state index contributed by atoms with van der Waals surface area (Å²) in [7, 11) is 0. The molecule has 2 unspecified atom stereocenters. The summed E-state index contributed by atoms with van der Waals surface area (Å²) in [5, 5.41) is 3.44. The molecule has 2 heterocycles. The van der Waals surface area contributed by atoms with Crippen LogP contribution in [0.3, 0.4) is 0 Å². The molecule has 0 fully saturated rings. The number of fused-ring (bicyclic) bond motifs is 9. The lowest BCUT2D eigenvalue weighted by Gasteiger charge is -2.39. The molecule has 0 spiro atoms. The highest BCUT2D eigenvalue weighted by molar-refractivity contribution is 6.09. The van der Waals surface area contributed by atoms with E-state index >= 15 is 0 Å². The zero-order valence-electron chi connectivity index (χ0n) is 35.2. The Morgan fingerprint density at radius 1 is 0.500 bits per heavy atom. The standard InChI is InChI=1S/C61H43NO2/c1-3-15-42(16-4-1)61(43-17-5-2-6-18-43)55-26-10-7-19-49(55)50-38-37-46(39-56(50)61)62(44-33-29-40(30-34-44)47-22-13-24-53-51-20-8-11-27-57(51)63-59(47)53)45-35-31-41(32-36-45)48-23-14-25-54-52-21-9-12-28-58(52)64-60(48)54/h1-11,13-27,29-39,49,55H,12,28H2. The van der Waals surface area contributed by atoms with Crippen molar-refractivity contribution < 1.29 is 8.83 Å². The summed E-state index contributed by atoms with van der Waals surface area (Å²) >= 11 is 0. The van der Waals surface area contributed by atoms with E-state index in [-0.39, 0.29) is 11.8 Å². The molecule has 0 N–H and O–H groups in total. The number of furan rings is 2. The molecule has 3 aliphatic carbocycles. The van der Waals surface area contributed by atoms with Gasteiger partial charge in [0.1, 0.15) is 22.5 Å². The Balaban J connectivity index is 0.984. The number of para-hydroxylation sites is 3. The van der Waals surface area contributed by atoms with Crippen LogP contribution in [0.5, 0.6) is 0 Å². The lowest BCUT2D eigenvalue weighted by Crippen LogP contribution is -2.35. The minimum absolute atomic E-state index is 0.214. The molecular formula is C61H43NO2. The molecular weight excluding hydrogens is 779 g/mol. The number of benzene rings is 8. The van der Waals surface area contributed by atoms with Gasteiger partial charge in [-0.1, -0.05) is 182 Å². The second kappa shape index (κ2) is 14.6. The minimum atomic E-state index is -0.402. The van der Waals surface area contributed by atoms with E-state index in [9.17, 15) is 0 Å². The number of hydrogen-bond donors (Lipinski definition) is 0. The van der Waals surface area contributed by atoms with E-state index in [1.807, 2.05) is 12.1 Å². The van der Waals surface area contributed by atoms with Gasteiger partial charge in [-0.2, -0.15) is 0 Å². The number of rotatable bonds is 7. The van der Waals surface area contributed by atoms with Gasteiger partial charge >= 0.3 is 0 Å². The van der Waals surface area contributed by atoms with Crippen molar-refractivity contribution in [2.45, 2.75) is 24.2 Å². The highest BCUT2D eigenvalue weighted by Gasteiger charge is 2.53. The molecule has 0 aliphatic heterocycles. The summed E-state index contributed by atoms with van der Waals surface area (Å²) in [5.74, 6) is 1.54. The van der Waals surface area contributed by atoms with Crippen LogP contribution in [-0.2, 0) is 11.8 Å². The van der Waals surface area contributed by atoms with Crippen molar-refractivity contribution in [2.75, 3.05) is 4.90 Å². The molecule has 2 atom stereocenters. The van der Waals surface area contributed by atoms with E-state index in [1.165, 1.54) is 33.2 Å². The number of nitrogens with zero attached hydrogens (tertiary/aromatic N) is 1. The molecule has 304 valence electrons. The predicted octanol–water partition coefficient (Wildman–Crippen LogP) is 16.3. The third kappa shape index (κ3) is 5.53. The highest BCUT2D eigenvalue weighted by atomic mass is 16.3. The largest absolute Gasteiger partial charge is 0.460 e. The summed E-state index contributed by atoms with van der Waals surface area (Å²) in [6, 6.07) is 68.8. The third-order valence-corrected chi connectivity index (χ3v) is 14.1. The predicted molar refractivity (Wildman–Crippen MR) is 264 cm³/mol. The second-order valence-corrected chi connectivity index (χ2v) is 17.4. The van der Waals surface area contributed by atoms with E-state index in [0.717, 1.165) is 85.4 Å². The van der Waals surface area contributed by atoms with Gasteiger partial charge in [0.15, 0.2) is 0 Å². The average molecular weight is 822 g/mol. The number of hydrogen-bond acceptors (Lipinski definition) is 3. The van der Waals surface area contributed by atoms with E-state index in [4.69, 9.17) is 8.83 Å².